The van der Waals surface area contributed by atoms with Crippen molar-refractivity contribution in [2.75, 3.05) is 23.9 Å². The van der Waals surface area contributed by atoms with E-state index in [0.29, 0.717) is 0 Å². The molecule has 8 aromatic carbocycles. The maximum absolute atomic E-state index is 2.47. The Labute approximate surface area is 269 Å². The van der Waals surface area contributed by atoms with E-state index < -0.39 is 0 Å². The molecule has 1 aliphatic heterocycles. The van der Waals surface area contributed by atoms with Crippen LogP contribution in [0.25, 0.3) is 65.3 Å². The van der Waals surface area contributed by atoms with Crippen molar-refractivity contribution in [3.63, 3.8) is 0 Å². The van der Waals surface area contributed by atoms with E-state index in [4.69, 9.17) is 0 Å². The van der Waals surface area contributed by atoms with Crippen LogP contribution in [0.4, 0.5) is 11.4 Å². The van der Waals surface area contributed by atoms with Gasteiger partial charge in [0, 0.05) is 49.1 Å². The van der Waals surface area contributed by atoms with Gasteiger partial charge >= 0.3 is 0 Å². The maximum Gasteiger partial charge on any atom is 0.0532 e. The monoisotopic (exact) mass is 590 g/mol. The summed E-state index contributed by atoms with van der Waals surface area (Å²) < 4.78 is 0. The molecule has 0 aromatic heterocycles. The maximum atomic E-state index is 2.47. The van der Waals surface area contributed by atoms with Crippen molar-refractivity contribution in [1.29, 1.82) is 0 Å². The van der Waals surface area contributed by atoms with Crippen LogP contribution in [0.15, 0.2) is 146 Å². The van der Waals surface area contributed by atoms with Crippen molar-refractivity contribution in [3.05, 3.63) is 157 Å². The van der Waals surface area contributed by atoms with Gasteiger partial charge in [0.1, 0.15) is 0 Å². The Balaban J connectivity index is 1.38. The number of fused-ring (bicyclic) bond motifs is 18. The van der Waals surface area contributed by atoms with Gasteiger partial charge in [-0.1, -0.05) is 133 Å². The van der Waals surface area contributed by atoms with Crippen molar-refractivity contribution in [2.45, 2.75) is 13.1 Å². The highest BCUT2D eigenvalue weighted by Gasteiger charge is 2.23. The Hall–Kier alpha value is -5.60. The molecule has 0 amide bonds. The molecule has 4 bridgehead atoms. The fraction of sp³-hybridized carbons (Fsp3) is 0.0909. The van der Waals surface area contributed by atoms with E-state index >= 15 is 0 Å². The minimum absolute atomic E-state index is 0.791. The third-order valence-electron chi connectivity index (χ3n) is 9.85. The summed E-state index contributed by atoms with van der Waals surface area (Å²) in [5.74, 6) is 0. The molecular formula is C44H34N2. The zero-order chi connectivity index (χ0) is 30.8. The summed E-state index contributed by atoms with van der Waals surface area (Å²) in [5, 5.41) is 10.3. The standard InChI is InChI=1S/C44H34N2/c1-45-27-29-13-11-16-32(25-29)42-38-22-8-4-18-34(38)36-20-6-10-24-40(36)44(42)46(2)28-30-14-12-15-31(26-30)41-37-21-7-3-17-33(37)35-19-5-9-23-39(35)43(41)45/h3-26H,27-28H2,1-2H3. The van der Waals surface area contributed by atoms with Crippen LogP contribution in [0.3, 0.4) is 0 Å². The summed E-state index contributed by atoms with van der Waals surface area (Å²) in [6.07, 6.45) is 0. The lowest BCUT2D eigenvalue weighted by molar-refractivity contribution is 0.924. The Bertz CT molecular complexity index is 2300. The molecule has 1 heterocycles. The number of nitrogens with zero attached hydrogens (tertiary/aromatic N) is 2. The summed E-state index contributed by atoms with van der Waals surface area (Å²) in [6.45, 7) is 1.58. The van der Waals surface area contributed by atoms with Crippen LogP contribution in [-0.4, -0.2) is 14.1 Å². The summed E-state index contributed by atoms with van der Waals surface area (Å²) >= 11 is 0. The van der Waals surface area contributed by atoms with Gasteiger partial charge in [-0.15, -0.1) is 0 Å². The second kappa shape index (κ2) is 10.5. The predicted molar refractivity (Wildman–Crippen MR) is 198 cm³/mol. The molecule has 0 radical (unpaired) electrons. The zero-order valence-electron chi connectivity index (χ0n) is 26.2. The Morgan fingerprint density at radius 3 is 1.07 bits per heavy atom. The van der Waals surface area contributed by atoms with Gasteiger partial charge in [0.05, 0.1) is 11.4 Å². The second-order valence-corrected chi connectivity index (χ2v) is 12.7. The Morgan fingerprint density at radius 2 is 0.674 bits per heavy atom. The second-order valence-electron chi connectivity index (χ2n) is 12.7. The number of benzene rings is 8. The third-order valence-corrected chi connectivity index (χ3v) is 9.85. The van der Waals surface area contributed by atoms with Crippen LogP contribution < -0.4 is 9.80 Å². The first-order chi connectivity index (χ1) is 22.7. The molecule has 220 valence electrons. The molecular weight excluding hydrogens is 556 g/mol. The minimum Gasteiger partial charge on any atom is -0.369 e. The molecule has 2 nitrogen and oxygen atoms in total. The van der Waals surface area contributed by atoms with Crippen molar-refractivity contribution in [2.24, 2.45) is 0 Å². The molecule has 0 aliphatic carbocycles. The van der Waals surface area contributed by atoms with Gasteiger partial charge in [0.2, 0.25) is 0 Å². The number of anilines is 2. The quantitative estimate of drug-likeness (QED) is 0.162. The predicted octanol–water partition coefficient (Wildman–Crippen LogP) is 11.2. The van der Waals surface area contributed by atoms with Crippen molar-refractivity contribution in [3.8, 4) is 22.3 Å². The molecule has 1 aliphatic rings. The summed E-state index contributed by atoms with van der Waals surface area (Å²) in [6, 6.07) is 54.1. The first-order valence-corrected chi connectivity index (χ1v) is 16.1. The lowest BCUT2D eigenvalue weighted by Crippen LogP contribution is -2.19. The molecule has 46 heavy (non-hydrogen) atoms. The smallest absolute Gasteiger partial charge is 0.0532 e. The van der Waals surface area contributed by atoms with E-state index in [0.717, 1.165) is 13.1 Å². The Morgan fingerprint density at radius 1 is 0.348 bits per heavy atom. The molecule has 0 saturated heterocycles. The fourth-order valence-electron chi connectivity index (χ4n) is 7.98. The summed E-state index contributed by atoms with van der Waals surface area (Å²) in [7, 11) is 4.51. The van der Waals surface area contributed by atoms with Gasteiger partial charge in [-0.05, 0) is 66.7 Å². The molecule has 8 aromatic rings. The highest BCUT2D eigenvalue weighted by molar-refractivity contribution is 6.22. The van der Waals surface area contributed by atoms with Gasteiger partial charge in [-0.3, -0.25) is 0 Å². The average molecular weight is 591 g/mol. The fourth-order valence-corrected chi connectivity index (χ4v) is 7.98. The minimum atomic E-state index is 0.791. The zero-order valence-corrected chi connectivity index (χ0v) is 26.2. The highest BCUT2D eigenvalue weighted by Crippen LogP contribution is 2.47. The average Bonchev–Trinajstić information content (AvgIpc) is 3.10. The summed E-state index contributed by atoms with van der Waals surface area (Å²) in [4.78, 5) is 4.93. The van der Waals surface area contributed by atoms with E-state index in [-0.39, 0.29) is 0 Å². The van der Waals surface area contributed by atoms with Crippen molar-refractivity contribution < 1.29 is 0 Å². The van der Waals surface area contributed by atoms with Crippen molar-refractivity contribution >= 4 is 54.5 Å². The largest absolute Gasteiger partial charge is 0.369 e. The topological polar surface area (TPSA) is 6.48 Å². The molecule has 0 unspecified atom stereocenters. The molecule has 0 saturated carbocycles. The van der Waals surface area contributed by atoms with E-state index in [1.54, 1.807) is 0 Å². The number of hydrogen-bond donors (Lipinski definition) is 0. The Kier molecular flexibility index (Phi) is 6.11. The van der Waals surface area contributed by atoms with Crippen LogP contribution in [0.1, 0.15) is 11.1 Å². The first kappa shape index (κ1) is 26.8. The number of hydrogen-bond acceptors (Lipinski definition) is 2. The van der Waals surface area contributed by atoms with Gasteiger partial charge in [0.25, 0.3) is 0 Å². The molecule has 0 fully saturated rings. The summed E-state index contributed by atoms with van der Waals surface area (Å²) in [5.41, 5.74) is 10.2. The lowest BCUT2D eigenvalue weighted by Gasteiger charge is -2.29. The SMILES string of the molecule is CN1Cc2cccc(c2)-c2c(c3ccccc3c3ccccc23)N(C)Cc2cccc(c2)-c2c1c1ccccc1c1ccccc21. The van der Waals surface area contributed by atoms with Crippen LogP contribution in [-0.2, 0) is 13.1 Å². The normalized spacial score (nSPS) is 13.2. The van der Waals surface area contributed by atoms with E-state index in [1.165, 1.54) is 87.8 Å². The van der Waals surface area contributed by atoms with Gasteiger partial charge in [-0.25, -0.2) is 0 Å². The molecule has 0 spiro atoms. The lowest BCUT2D eigenvalue weighted by atomic mass is 9.88. The van der Waals surface area contributed by atoms with E-state index in [1.807, 2.05) is 0 Å². The van der Waals surface area contributed by atoms with Crippen LogP contribution in [0.2, 0.25) is 0 Å². The van der Waals surface area contributed by atoms with E-state index in [9.17, 15) is 0 Å². The number of rotatable bonds is 0. The molecule has 9 rings (SSSR count). The van der Waals surface area contributed by atoms with Gasteiger partial charge in [-0.2, -0.15) is 0 Å². The van der Waals surface area contributed by atoms with Gasteiger partial charge in [0.15, 0.2) is 0 Å². The van der Waals surface area contributed by atoms with E-state index in [2.05, 4.69) is 169 Å². The first-order valence-electron chi connectivity index (χ1n) is 16.1. The van der Waals surface area contributed by atoms with Crippen LogP contribution in [0, 0.1) is 0 Å². The van der Waals surface area contributed by atoms with Crippen LogP contribution >= 0.6 is 0 Å². The highest BCUT2D eigenvalue weighted by atomic mass is 15.1. The molecule has 0 atom stereocenters. The molecule has 0 N–H and O–H groups in total. The van der Waals surface area contributed by atoms with Crippen LogP contribution in [0.5, 0.6) is 0 Å². The van der Waals surface area contributed by atoms with Crippen molar-refractivity contribution in [1.82, 2.24) is 0 Å². The third kappa shape index (κ3) is 4.10. The van der Waals surface area contributed by atoms with Gasteiger partial charge < -0.3 is 9.80 Å². The molecule has 2 heteroatoms.